The van der Waals surface area contributed by atoms with Crippen molar-refractivity contribution in [1.82, 2.24) is 20.4 Å². The Morgan fingerprint density at radius 3 is 2.61 bits per heavy atom. The molecule has 158 valence electrons. The van der Waals surface area contributed by atoms with E-state index in [2.05, 4.69) is 15.5 Å². The van der Waals surface area contributed by atoms with Crippen LogP contribution in [0.1, 0.15) is 36.6 Å². The third-order valence-electron chi connectivity index (χ3n) is 6.06. The topological polar surface area (TPSA) is 88.3 Å². The number of fused-ring (bicyclic) bond motifs is 1. The number of carbonyl (C=O) groups excluding carboxylic acids is 2. The molecule has 0 bridgehead atoms. The normalized spacial score (nSPS) is 23.4. The molecule has 5 rings (SSSR count). The van der Waals surface area contributed by atoms with Crippen LogP contribution in [-0.2, 0) is 11.3 Å². The molecule has 3 amide bonds. The second-order valence-corrected chi connectivity index (χ2v) is 8.48. The number of amides is 3. The molecule has 31 heavy (non-hydrogen) atoms. The zero-order chi connectivity index (χ0) is 21.4. The Hall–Kier alpha value is -3.19. The van der Waals surface area contributed by atoms with Crippen molar-refractivity contribution in [3.63, 3.8) is 0 Å². The predicted octanol–water partition coefficient (Wildman–Crippen LogP) is 4.39. The van der Waals surface area contributed by atoms with Gasteiger partial charge in [0, 0.05) is 22.5 Å². The maximum Gasteiger partial charge on any atom is 0.324 e. The summed E-state index contributed by atoms with van der Waals surface area (Å²) in [6.45, 7) is 0.284. The number of halogens is 1. The van der Waals surface area contributed by atoms with E-state index in [1.807, 2.05) is 42.5 Å². The molecule has 2 aromatic carbocycles. The summed E-state index contributed by atoms with van der Waals surface area (Å²) in [5.41, 5.74) is 1.75. The van der Waals surface area contributed by atoms with E-state index in [0.717, 1.165) is 17.5 Å². The van der Waals surface area contributed by atoms with Crippen LogP contribution in [0.3, 0.4) is 0 Å². The first-order valence-corrected chi connectivity index (χ1v) is 10.7. The van der Waals surface area contributed by atoms with Crippen molar-refractivity contribution in [1.29, 1.82) is 0 Å². The number of imide groups is 1. The highest BCUT2D eigenvalue weighted by Crippen LogP contribution is 2.38. The SMILES string of the molecule is O=C1NC2CC(c3nc(-c4ccc(Cl)cc4)no3)CCC2C(=O)N1Cc1ccccc1. The molecule has 1 aliphatic heterocycles. The average Bonchev–Trinajstić information content (AvgIpc) is 3.28. The van der Waals surface area contributed by atoms with Crippen LogP contribution in [0.2, 0.25) is 5.02 Å². The van der Waals surface area contributed by atoms with Gasteiger partial charge in [-0.15, -0.1) is 0 Å². The van der Waals surface area contributed by atoms with Crippen molar-refractivity contribution in [2.24, 2.45) is 5.92 Å². The summed E-state index contributed by atoms with van der Waals surface area (Å²) in [5.74, 6) is 0.715. The van der Waals surface area contributed by atoms with Gasteiger partial charge in [-0.05, 0) is 49.1 Å². The molecule has 2 aliphatic rings. The summed E-state index contributed by atoms with van der Waals surface area (Å²) in [4.78, 5) is 31.6. The van der Waals surface area contributed by atoms with Crippen molar-refractivity contribution in [2.75, 3.05) is 0 Å². The fraction of sp³-hybridized carbons (Fsp3) is 0.304. The monoisotopic (exact) mass is 436 g/mol. The minimum absolute atomic E-state index is 0.00331. The molecule has 1 aliphatic carbocycles. The number of carbonyl (C=O) groups is 2. The Bertz CT molecular complexity index is 1100. The lowest BCUT2D eigenvalue weighted by atomic mass is 9.76. The molecule has 3 atom stereocenters. The number of benzene rings is 2. The zero-order valence-corrected chi connectivity index (χ0v) is 17.5. The number of rotatable bonds is 4. The summed E-state index contributed by atoms with van der Waals surface area (Å²) < 4.78 is 5.52. The van der Waals surface area contributed by atoms with Gasteiger partial charge in [0.05, 0.1) is 12.5 Å². The molecule has 0 radical (unpaired) electrons. The summed E-state index contributed by atoms with van der Waals surface area (Å²) >= 11 is 5.94. The molecule has 1 saturated heterocycles. The maximum absolute atomic E-state index is 13.0. The maximum atomic E-state index is 13.0. The van der Waals surface area contributed by atoms with Gasteiger partial charge in [0.2, 0.25) is 17.6 Å². The molecular weight excluding hydrogens is 416 g/mol. The number of nitrogens with zero attached hydrogens (tertiary/aromatic N) is 3. The highest BCUT2D eigenvalue weighted by Gasteiger charge is 2.45. The zero-order valence-electron chi connectivity index (χ0n) is 16.7. The molecule has 1 N–H and O–H groups in total. The lowest BCUT2D eigenvalue weighted by molar-refractivity contribution is -0.137. The predicted molar refractivity (Wildman–Crippen MR) is 114 cm³/mol. The highest BCUT2D eigenvalue weighted by atomic mass is 35.5. The van der Waals surface area contributed by atoms with Crippen LogP contribution in [-0.4, -0.2) is 33.0 Å². The van der Waals surface area contributed by atoms with Gasteiger partial charge in [0.1, 0.15) is 0 Å². The third-order valence-corrected chi connectivity index (χ3v) is 6.32. The van der Waals surface area contributed by atoms with Crippen LogP contribution < -0.4 is 5.32 Å². The van der Waals surface area contributed by atoms with E-state index in [4.69, 9.17) is 16.1 Å². The molecule has 8 heteroatoms. The summed E-state index contributed by atoms with van der Waals surface area (Å²) in [5, 5.41) is 7.76. The first-order valence-electron chi connectivity index (χ1n) is 10.3. The largest absolute Gasteiger partial charge is 0.339 e. The number of urea groups is 1. The number of aromatic nitrogens is 2. The van der Waals surface area contributed by atoms with Gasteiger partial charge < -0.3 is 9.84 Å². The minimum atomic E-state index is -0.344. The summed E-state index contributed by atoms with van der Waals surface area (Å²) in [6.07, 6.45) is 2.02. The fourth-order valence-electron chi connectivity index (χ4n) is 4.42. The van der Waals surface area contributed by atoms with E-state index in [1.54, 1.807) is 12.1 Å². The number of hydrogen-bond acceptors (Lipinski definition) is 5. The van der Waals surface area contributed by atoms with E-state index in [-0.39, 0.29) is 36.4 Å². The van der Waals surface area contributed by atoms with E-state index in [9.17, 15) is 9.59 Å². The van der Waals surface area contributed by atoms with Crippen LogP contribution in [0.25, 0.3) is 11.4 Å². The Labute approximate surface area is 184 Å². The van der Waals surface area contributed by atoms with Crippen LogP contribution in [0.4, 0.5) is 4.79 Å². The second kappa shape index (κ2) is 8.15. The van der Waals surface area contributed by atoms with Gasteiger partial charge in [-0.1, -0.05) is 47.1 Å². The van der Waals surface area contributed by atoms with Gasteiger partial charge in [-0.25, -0.2) is 4.79 Å². The quantitative estimate of drug-likeness (QED) is 0.655. The Morgan fingerprint density at radius 1 is 1.06 bits per heavy atom. The number of nitrogens with one attached hydrogen (secondary N) is 1. The molecule has 3 unspecified atom stereocenters. The van der Waals surface area contributed by atoms with Crippen molar-refractivity contribution in [3.8, 4) is 11.4 Å². The van der Waals surface area contributed by atoms with Gasteiger partial charge in [-0.3, -0.25) is 9.69 Å². The van der Waals surface area contributed by atoms with Crippen LogP contribution in [0.15, 0.2) is 59.1 Å². The van der Waals surface area contributed by atoms with E-state index >= 15 is 0 Å². The molecular formula is C23H21ClN4O3. The fourth-order valence-corrected chi connectivity index (χ4v) is 4.55. The van der Waals surface area contributed by atoms with Crippen molar-refractivity contribution in [3.05, 3.63) is 71.1 Å². The van der Waals surface area contributed by atoms with Gasteiger partial charge in [-0.2, -0.15) is 4.98 Å². The first-order chi connectivity index (χ1) is 15.1. The smallest absolute Gasteiger partial charge is 0.324 e. The Morgan fingerprint density at radius 2 is 1.84 bits per heavy atom. The lowest BCUT2D eigenvalue weighted by Crippen LogP contribution is -2.60. The molecule has 3 aromatic rings. The molecule has 7 nitrogen and oxygen atoms in total. The summed E-state index contributed by atoms with van der Waals surface area (Å²) in [7, 11) is 0. The van der Waals surface area contributed by atoms with E-state index < -0.39 is 0 Å². The van der Waals surface area contributed by atoms with Crippen LogP contribution in [0.5, 0.6) is 0 Å². The Balaban J connectivity index is 1.28. The standard InChI is InChI=1S/C23H21ClN4O3/c24-17-9-6-15(7-10-17)20-26-21(31-27-20)16-8-11-18-19(12-16)25-23(30)28(22(18)29)13-14-4-2-1-3-5-14/h1-7,9-10,16,18-19H,8,11-13H2,(H,25,30). The van der Waals surface area contributed by atoms with Crippen molar-refractivity contribution >= 4 is 23.5 Å². The minimum Gasteiger partial charge on any atom is -0.339 e. The van der Waals surface area contributed by atoms with E-state index in [0.29, 0.717) is 29.6 Å². The third kappa shape index (κ3) is 3.93. The van der Waals surface area contributed by atoms with Gasteiger partial charge in [0.25, 0.3) is 0 Å². The van der Waals surface area contributed by atoms with Crippen LogP contribution >= 0.6 is 11.6 Å². The summed E-state index contributed by atoms with van der Waals surface area (Å²) in [6, 6.07) is 16.2. The molecule has 2 heterocycles. The van der Waals surface area contributed by atoms with Crippen LogP contribution in [0, 0.1) is 5.92 Å². The van der Waals surface area contributed by atoms with E-state index in [1.165, 1.54) is 4.90 Å². The first kappa shape index (κ1) is 19.8. The number of hydrogen-bond donors (Lipinski definition) is 1. The van der Waals surface area contributed by atoms with Crippen molar-refractivity contribution in [2.45, 2.75) is 37.8 Å². The molecule has 1 saturated carbocycles. The second-order valence-electron chi connectivity index (χ2n) is 8.05. The van der Waals surface area contributed by atoms with Crippen molar-refractivity contribution < 1.29 is 14.1 Å². The average molecular weight is 437 g/mol. The molecule has 2 fully saturated rings. The lowest BCUT2D eigenvalue weighted by Gasteiger charge is -2.41. The van der Waals surface area contributed by atoms with Gasteiger partial charge >= 0.3 is 6.03 Å². The molecule has 0 spiro atoms. The van der Waals surface area contributed by atoms with Gasteiger partial charge in [0.15, 0.2) is 0 Å². The highest BCUT2D eigenvalue weighted by molar-refractivity contribution is 6.30. The Kier molecular flexibility index (Phi) is 5.19. The molecule has 1 aromatic heterocycles.